The van der Waals surface area contributed by atoms with E-state index in [-0.39, 0.29) is 12.1 Å². The van der Waals surface area contributed by atoms with E-state index in [0.717, 1.165) is 19.4 Å². The van der Waals surface area contributed by atoms with E-state index in [1.54, 1.807) is 0 Å². The van der Waals surface area contributed by atoms with Gasteiger partial charge in [-0.1, -0.05) is 44.5 Å². The fourth-order valence-electron chi connectivity index (χ4n) is 2.10. The van der Waals surface area contributed by atoms with E-state index in [9.17, 15) is 0 Å². The van der Waals surface area contributed by atoms with Crippen molar-refractivity contribution in [3.8, 4) is 0 Å². The Kier molecular flexibility index (Phi) is 6.23. The minimum atomic E-state index is -0.0179. The Morgan fingerprint density at radius 2 is 1.76 bits per heavy atom. The van der Waals surface area contributed by atoms with Gasteiger partial charge < -0.3 is 10.5 Å². The molecule has 0 saturated carbocycles. The van der Waals surface area contributed by atoms with Gasteiger partial charge in [0.05, 0.1) is 12.1 Å². The largest absolute Gasteiger partial charge is 0.377 e. The first kappa shape index (κ1) is 14.2. The zero-order valence-electron chi connectivity index (χ0n) is 11.3. The van der Waals surface area contributed by atoms with E-state index in [0.29, 0.717) is 0 Å². The van der Waals surface area contributed by atoms with Crippen LogP contribution in [0.15, 0.2) is 24.3 Å². The number of rotatable bonds is 7. The number of aryl methyl sites for hydroxylation is 1. The number of hydrogen-bond acceptors (Lipinski definition) is 2. The summed E-state index contributed by atoms with van der Waals surface area (Å²) in [5.41, 5.74) is 8.79. The lowest BCUT2D eigenvalue weighted by molar-refractivity contribution is 0.0413. The molecule has 0 heterocycles. The van der Waals surface area contributed by atoms with Gasteiger partial charge in [-0.3, -0.25) is 0 Å². The first-order valence-electron chi connectivity index (χ1n) is 6.68. The van der Waals surface area contributed by atoms with E-state index in [1.165, 1.54) is 17.5 Å². The fraction of sp³-hybridized carbons (Fsp3) is 0.600. The molecule has 0 fully saturated rings. The molecule has 2 atom stereocenters. The molecule has 1 aromatic rings. The predicted molar refractivity (Wildman–Crippen MR) is 73.1 cm³/mol. The summed E-state index contributed by atoms with van der Waals surface area (Å²) >= 11 is 0. The quantitative estimate of drug-likeness (QED) is 0.785. The van der Waals surface area contributed by atoms with E-state index >= 15 is 0 Å². The van der Waals surface area contributed by atoms with Crippen molar-refractivity contribution >= 4 is 0 Å². The Morgan fingerprint density at radius 3 is 2.24 bits per heavy atom. The number of hydrogen-bond donors (Lipinski definition) is 1. The van der Waals surface area contributed by atoms with E-state index < -0.39 is 0 Å². The number of ether oxygens (including phenoxy) is 1. The van der Waals surface area contributed by atoms with Crippen molar-refractivity contribution < 1.29 is 4.74 Å². The van der Waals surface area contributed by atoms with Crippen molar-refractivity contribution in [3.05, 3.63) is 35.4 Å². The molecule has 0 saturated heterocycles. The Bertz CT molecular complexity index is 307. The molecule has 0 aliphatic carbocycles. The molecule has 0 spiro atoms. The first-order chi connectivity index (χ1) is 8.22. The fourth-order valence-corrected chi connectivity index (χ4v) is 2.10. The van der Waals surface area contributed by atoms with Crippen molar-refractivity contribution in [2.75, 3.05) is 6.61 Å². The second-order valence-corrected chi connectivity index (χ2v) is 4.42. The maximum atomic E-state index is 6.23. The molecule has 0 aliphatic heterocycles. The summed E-state index contributed by atoms with van der Waals surface area (Å²) in [5, 5.41) is 0. The Hall–Kier alpha value is -0.860. The van der Waals surface area contributed by atoms with Gasteiger partial charge in [-0.2, -0.15) is 0 Å². The SMILES string of the molecule is CCCc1ccc(C(N)C(CC)OCC)cc1. The van der Waals surface area contributed by atoms with Gasteiger partial charge in [-0.15, -0.1) is 0 Å². The third-order valence-electron chi connectivity index (χ3n) is 3.09. The normalized spacial score (nSPS) is 14.6. The van der Waals surface area contributed by atoms with Crippen molar-refractivity contribution in [2.45, 2.75) is 52.2 Å². The Labute approximate surface area is 105 Å². The minimum Gasteiger partial charge on any atom is -0.377 e. The number of benzene rings is 1. The van der Waals surface area contributed by atoms with Crippen molar-refractivity contribution in [1.29, 1.82) is 0 Å². The molecule has 2 unspecified atom stereocenters. The van der Waals surface area contributed by atoms with Crippen molar-refractivity contribution in [1.82, 2.24) is 0 Å². The molecular weight excluding hydrogens is 210 g/mol. The summed E-state index contributed by atoms with van der Waals surface area (Å²) in [4.78, 5) is 0. The van der Waals surface area contributed by atoms with Crippen LogP contribution in [0.25, 0.3) is 0 Å². The van der Waals surface area contributed by atoms with E-state index in [1.807, 2.05) is 6.92 Å². The van der Waals surface area contributed by atoms with Crippen LogP contribution in [0.2, 0.25) is 0 Å². The van der Waals surface area contributed by atoms with Crippen LogP contribution in [0, 0.1) is 0 Å². The molecule has 96 valence electrons. The topological polar surface area (TPSA) is 35.2 Å². The second-order valence-electron chi connectivity index (χ2n) is 4.42. The highest BCUT2D eigenvalue weighted by atomic mass is 16.5. The molecule has 1 aromatic carbocycles. The molecule has 2 N–H and O–H groups in total. The lowest BCUT2D eigenvalue weighted by Gasteiger charge is -2.23. The van der Waals surface area contributed by atoms with Gasteiger partial charge in [0.25, 0.3) is 0 Å². The van der Waals surface area contributed by atoms with Gasteiger partial charge in [-0.25, -0.2) is 0 Å². The lowest BCUT2D eigenvalue weighted by Crippen LogP contribution is -2.28. The zero-order chi connectivity index (χ0) is 12.7. The van der Waals surface area contributed by atoms with Crippen LogP contribution in [-0.2, 0) is 11.2 Å². The molecule has 2 nitrogen and oxygen atoms in total. The van der Waals surface area contributed by atoms with Crippen molar-refractivity contribution in [3.63, 3.8) is 0 Å². The van der Waals surface area contributed by atoms with Gasteiger partial charge in [0, 0.05) is 6.61 Å². The molecular formula is C15H25NO. The second kappa shape index (κ2) is 7.46. The average molecular weight is 235 g/mol. The van der Waals surface area contributed by atoms with Gasteiger partial charge in [0.1, 0.15) is 0 Å². The molecule has 0 amide bonds. The third-order valence-corrected chi connectivity index (χ3v) is 3.09. The molecule has 0 bridgehead atoms. The number of nitrogens with two attached hydrogens (primary N) is 1. The predicted octanol–water partition coefficient (Wildman–Crippen LogP) is 3.45. The van der Waals surface area contributed by atoms with E-state index in [4.69, 9.17) is 10.5 Å². The Balaban J connectivity index is 2.70. The maximum absolute atomic E-state index is 6.23. The lowest BCUT2D eigenvalue weighted by atomic mass is 9.98. The summed E-state index contributed by atoms with van der Waals surface area (Å²) in [5.74, 6) is 0. The Morgan fingerprint density at radius 1 is 1.12 bits per heavy atom. The summed E-state index contributed by atoms with van der Waals surface area (Å²) in [6.45, 7) is 7.05. The average Bonchev–Trinajstić information content (AvgIpc) is 2.36. The highest BCUT2D eigenvalue weighted by Gasteiger charge is 2.17. The monoisotopic (exact) mass is 235 g/mol. The van der Waals surface area contributed by atoms with Crippen LogP contribution in [0.1, 0.15) is 50.8 Å². The van der Waals surface area contributed by atoms with Crippen molar-refractivity contribution in [2.24, 2.45) is 5.73 Å². The van der Waals surface area contributed by atoms with Crippen LogP contribution in [0.4, 0.5) is 0 Å². The summed E-state index contributed by atoms with van der Waals surface area (Å²) < 4.78 is 5.66. The summed E-state index contributed by atoms with van der Waals surface area (Å²) in [6, 6.07) is 8.61. The molecule has 0 aromatic heterocycles. The van der Waals surface area contributed by atoms with Crippen LogP contribution in [0.5, 0.6) is 0 Å². The smallest absolute Gasteiger partial charge is 0.0764 e. The van der Waals surface area contributed by atoms with Gasteiger partial charge in [-0.05, 0) is 30.9 Å². The van der Waals surface area contributed by atoms with E-state index in [2.05, 4.69) is 38.1 Å². The van der Waals surface area contributed by atoms with Gasteiger partial charge in [0.15, 0.2) is 0 Å². The van der Waals surface area contributed by atoms with Gasteiger partial charge in [0.2, 0.25) is 0 Å². The molecule has 0 aliphatic rings. The maximum Gasteiger partial charge on any atom is 0.0764 e. The first-order valence-corrected chi connectivity index (χ1v) is 6.68. The highest BCUT2D eigenvalue weighted by Crippen LogP contribution is 2.20. The van der Waals surface area contributed by atoms with Crippen LogP contribution in [-0.4, -0.2) is 12.7 Å². The third kappa shape index (κ3) is 4.14. The summed E-state index contributed by atoms with van der Waals surface area (Å²) in [7, 11) is 0. The molecule has 2 heteroatoms. The standard InChI is InChI=1S/C15H25NO/c1-4-7-12-8-10-13(11-9-12)15(16)14(5-2)17-6-3/h8-11,14-15H,4-7,16H2,1-3H3. The van der Waals surface area contributed by atoms with Crippen LogP contribution >= 0.6 is 0 Å². The molecule has 0 radical (unpaired) electrons. The molecule has 1 rings (SSSR count). The summed E-state index contributed by atoms with van der Waals surface area (Å²) in [6.07, 6.45) is 3.39. The van der Waals surface area contributed by atoms with Crippen LogP contribution < -0.4 is 5.73 Å². The molecule has 17 heavy (non-hydrogen) atoms. The van der Waals surface area contributed by atoms with Crippen LogP contribution in [0.3, 0.4) is 0 Å². The van der Waals surface area contributed by atoms with Gasteiger partial charge >= 0.3 is 0 Å². The minimum absolute atomic E-state index is 0.0179. The zero-order valence-corrected chi connectivity index (χ0v) is 11.3. The highest BCUT2D eigenvalue weighted by molar-refractivity contribution is 5.25.